The predicted octanol–water partition coefficient (Wildman–Crippen LogP) is 2.64. The summed E-state index contributed by atoms with van der Waals surface area (Å²) in [6.45, 7) is 0.534. The minimum atomic E-state index is -0.0963. The van der Waals surface area contributed by atoms with E-state index in [2.05, 4.69) is 15.6 Å². The monoisotopic (exact) mass is 454 g/mol. The molecule has 134 valence electrons. The minimum Gasteiger partial charge on any atom is -0.497 e. The van der Waals surface area contributed by atoms with E-state index in [0.717, 1.165) is 17.0 Å². The van der Waals surface area contributed by atoms with Gasteiger partial charge >= 0.3 is 0 Å². The molecule has 0 saturated heterocycles. The molecule has 0 bridgehead atoms. The number of hydrogen-bond donors (Lipinski definition) is 3. The highest BCUT2D eigenvalue weighted by molar-refractivity contribution is 14.0. The number of halogens is 1. The lowest BCUT2D eigenvalue weighted by Crippen LogP contribution is -2.23. The molecule has 2 aromatic carbocycles. The van der Waals surface area contributed by atoms with E-state index in [1.54, 1.807) is 20.2 Å². The Labute approximate surface area is 164 Å². The number of hydrogen-bond acceptors (Lipinski definition) is 3. The fourth-order valence-corrected chi connectivity index (χ4v) is 2.18. The third kappa shape index (κ3) is 6.61. The first kappa shape index (κ1) is 20.8. The first-order chi connectivity index (χ1) is 11.6. The summed E-state index contributed by atoms with van der Waals surface area (Å²) in [4.78, 5) is 15.9. The van der Waals surface area contributed by atoms with Crippen molar-refractivity contribution < 1.29 is 9.53 Å². The molecular weight excluding hydrogens is 431 g/mol. The molecule has 0 atom stereocenters. The minimum absolute atomic E-state index is 0. The topological polar surface area (TPSA) is 88.7 Å². The van der Waals surface area contributed by atoms with E-state index in [0.29, 0.717) is 24.5 Å². The normalized spacial score (nSPS) is 10.6. The van der Waals surface area contributed by atoms with Gasteiger partial charge in [0.25, 0.3) is 5.91 Å². The Bertz CT molecular complexity index is 717. The van der Waals surface area contributed by atoms with E-state index < -0.39 is 0 Å². The van der Waals surface area contributed by atoms with Gasteiger partial charge in [-0.05, 0) is 48.4 Å². The predicted molar refractivity (Wildman–Crippen MR) is 112 cm³/mol. The van der Waals surface area contributed by atoms with Gasteiger partial charge in [-0.1, -0.05) is 12.1 Å². The smallest absolute Gasteiger partial charge is 0.251 e. The lowest BCUT2D eigenvalue weighted by Gasteiger charge is -2.07. The van der Waals surface area contributed by atoms with Gasteiger partial charge in [0.05, 0.1) is 7.11 Å². The maximum Gasteiger partial charge on any atom is 0.251 e. The van der Waals surface area contributed by atoms with Crippen LogP contribution in [-0.2, 0) is 6.42 Å². The molecule has 4 N–H and O–H groups in total. The average molecular weight is 454 g/mol. The van der Waals surface area contributed by atoms with Crippen molar-refractivity contribution in [2.24, 2.45) is 10.7 Å². The fourth-order valence-electron chi connectivity index (χ4n) is 2.18. The van der Waals surface area contributed by atoms with E-state index in [1.807, 2.05) is 42.5 Å². The van der Waals surface area contributed by atoms with Crippen molar-refractivity contribution >= 4 is 41.5 Å². The molecular formula is C18H23IN4O2. The number of nitrogens with one attached hydrogen (secondary N) is 2. The van der Waals surface area contributed by atoms with E-state index in [4.69, 9.17) is 10.5 Å². The lowest BCUT2D eigenvalue weighted by molar-refractivity contribution is 0.0963. The van der Waals surface area contributed by atoms with E-state index >= 15 is 0 Å². The van der Waals surface area contributed by atoms with Gasteiger partial charge in [0.1, 0.15) is 5.75 Å². The molecule has 6 nitrogen and oxygen atoms in total. The molecule has 0 aliphatic carbocycles. The Morgan fingerprint density at radius 3 is 2.56 bits per heavy atom. The number of methoxy groups -OCH3 is 1. The molecule has 0 aliphatic heterocycles. The number of nitrogens with two attached hydrogens (primary N) is 1. The molecule has 0 spiro atoms. The summed E-state index contributed by atoms with van der Waals surface area (Å²) >= 11 is 0. The number of guanidine groups is 1. The first-order valence-electron chi connectivity index (χ1n) is 7.64. The third-order valence-electron chi connectivity index (χ3n) is 3.46. The summed E-state index contributed by atoms with van der Waals surface area (Å²) in [6.07, 6.45) is 0.704. The number of benzene rings is 2. The number of ether oxygens (including phenoxy) is 1. The quantitative estimate of drug-likeness (QED) is 0.356. The fraction of sp³-hybridized carbons (Fsp3) is 0.222. The SMILES string of the molecule is CNC(=O)c1cccc(CCN=C(N)Nc2ccc(OC)cc2)c1.I. The summed E-state index contributed by atoms with van der Waals surface area (Å²) in [6, 6.07) is 14.9. The molecule has 1 amide bonds. The summed E-state index contributed by atoms with van der Waals surface area (Å²) in [5.74, 6) is 1.04. The molecule has 2 rings (SSSR count). The van der Waals surface area contributed by atoms with Crippen molar-refractivity contribution in [2.75, 3.05) is 26.0 Å². The van der Waals surface area contributed by atoms with Crippen LogP contribution in [0, 0.1) is 0 Å². The Morgan fingerprint density at radius 2 is 1.92 bits per heavy atom. The number of carbonyl (C=O) groups excluding carboxylic acids is 1. The highest BCUT2D eigenvalue weighted by atomic mass is 127. The van der Waals surface area contributed by atoms with Crippen molar-refractivity contribution in [2.45, 2.75) is 6.42 Å². The Kier molecular flexibility index (Phi) is 8.76. The van der Waals surface area contributed by atoms with Gasteiger partial charge < -0.3 is 21.1 Å². The maximum atomic E-state index is 11.6. The van der Waals surface area contributed by atoms with Crippen LogP contribution >= 0.6 is 24.0 Å². The Hall–Kier alpha value is -2.29. The third-order valence-corrected chi connectivity index (χ3v) is 3.46. The lowest BCUT2D eigenvalue weighted by atomic mass is 10.1. The number of nitrogens with zero attached hydrogens (tertiary/aromatic N) is 1. The van der Waals surface area contributed by atoms with Crippen LogP contribution < -0.4 is 21.1 Å². The average Bonchev–Trinajstić information content (AvgIpc) is 2.62. The number of carbonyl (C=O) groups is 1. The second kappa shape index (κ2) is 10.5. The molecule has 25 heavy (non-hydrogen) atoms. The standard InChI is InChI=1S/C18H22N4O2.HI/c1-20-17(23)14-5-3-4-13(12-14)10-11-21-18(19)22-15-6-8-16(24-2)9-7-15;/h3-9,12H,10-11H2,1-2H3,(H,20,23)(H3,19,21,22);1H. The van der Waals surface area contributed by atoms with E-state index in [9.17, 15) is 4.79 Å². The van der Waals surface area contributed by atoms with Crippen LogP contribution in [0.25, 0.3) is 0 Å². The van der Waals surface area contributed by atoms with Crippen molar-refractivity contribution in [3.05, 3.63) is 59.7 Å². The van der Waals surface area contributed by atoms with Gasteiger partial charge in [-0.15, -0.1) is 24.0 Å². The molecule has 0 saturated carbocycles. The number of amides is 1. The van der Waals surface area contributed by atoms with Crippen LogP contribution in [-0.4, -0.2) is 32.6 Å². The van der Waals surface area contributed by atoms with Gasteiger partial charge in [0.2, 0.25) is 0 Å². The Balaban J connectivity index is 0.00000312. The van der Waals surface area contributed by atoms with E-state index in [1.165, 1.54) is 0 Å². The van der Waals surface area contributed by atoms with Crippen LogP contribution in [0.15, 0.2) is 53.5 Å². The maximum absolute atomic E-state index is 11.6. The molecule has 0 aliphatic rings. The number of anilines is 1. The van der Waals surface area contributed by atoms with Crippen molar-refractivity contribution in [1.82, 2.24) is 5.32 Å². The molecule has 0 radical (unpaired) electrons. The molecule has 0 heterocycles. The summed E-state index contributed by atoms with van der Waals surface area (Å²) in [7, 11) is 3.24. The van der Waals surface area contributed by atoms with Crippen LogP contribution in [0.2, 0.25) is 0 Å². The molecule has 0 fully saturated rings. The van der Waals surface area contributed by atoms with Gasteiger partial charge in [-0.25, -0.2) is 0 Å². The molecule has 7 heteroatoms. The summed E-state index contributed by atoms with van der Waals surface area (Å²) < 4.78 is 5.10. The number of rotatable bonds is 6. The van der Waals surface area contributed by atoms with Gasteiger partial charge in [-0.3, -0.25) is 9.79 Å². The Morgan fingerprint density at radius 1 is 1.20 bits per heavy atom. The summed E-state index contributed by atoms with van der Waals surface area (Å²) in [5.41, 5.74) is 8.41. The van der Waals surface area contributed by atoms with Crippen LogP contribution in [0.4, 0.5) is 5.69 Å². The van der Waals surface area contributed by atoms with Crippen molar-refractivity contribution in [1.29, 1.82) is 0 Å². The molecule has 0 unspecified atom stereocenters. The second-order valence-electron chi connectivity index (χ2n) is 5.15. The zero-order chi connectivity index (χ0) is 17.4. The van der Waals surface area contributed by atoms with Crippen molar-refractivity contribution in [3.8, 4) is 5.75 Å². The van der Waals surface area contributed by atoms with Crippen LogP contribution in [0.1, 0.15) is 15.9 Å². The molecule has 2 aromatic rings. The number of aliphatic imine (C=N–C) groups is 1. The van der Waals surface area contributed by atoms with Crippen LogP contribution in [0.5, 0.6) is 5.75 Å². The van der Waals surface area contributed by atoms with Gasteiger partial charge in [0.15, 0.2) is 5.96 Å². The van der Waals surface area contributed by atoms with Crippen LogP contribution in [0.3, 0.4) is 0 Å². The second-order valence-corrected chi connectivity index (χ2v) is 5.15. The largest absolute Gasteiger partial charge is 0.497 e. The molecule has 0 aromatic heterocycles. The summed E-state index contributed by atoms with van der Waals surface area (Å²) in [5, 5.41) is 5.64. The van der Waals surface area contributed by atoms with Gasteiger partial charge in [0, 0.05) is 24.8 Å². The zero-order valence-electron chi connectivity index (χ0n) is 14.3. The van der Waals surface area contributed by atoms with Gasteiger partial charge in [-0.2, -0.15) is 0 Å². The van der Waals surface area contributed by atoms with E-state index in [-0.39, 0.29) is 29.9 Å². The zero-order valence-corrected chi connectivity index (χ0v) is 16.6. The highest BCUT2D eigenvalue weighted by Gasteiger charge is 2.03. The first-order valence-corrected chi connectivity index (χ1v) is 7.64. The highest BCUT2D eigenvalue weighted by Crippen LogP contribution is 2.14. The van der Waals surface area contributed by atoms with Crippen molar-refractivity contribution in [3.63, 3.8) is 0 Å².